The van der Waals surface area contributed by atoms with Gasteiger partial charge in [0, 0.05) is 0 Å². The SMILES string of the molecule is O=c1[nH]c(O)c(CS)o1. The Labute approximate surface area is 55.9 Å². The Kier molecular flexibility index (Phi) is 1.52. The summed E-state index contributed by atoms with van der Waals surface area (Å²) in [7, 11) is 0. The van der Waals surface area contributed by atoms with Gasteiger partial charge in [0.1, 0.15) is 0 Å². The maximum atomic E-state index is 10.3. The molecule has 0 saturated carbocycles. The Hall–Kier alpha value is -0.840. The van der Waals surface area contributed by atoms with E-state index in [-0.39, 0.29) is 17.4 Å². The van der Waals surface area contributed by atoms with Crippen molar-refractivity contribution in [2.75, 3.05) is 0 Å². The van der Waals surface area contributed by atoms with Gasteiger partial charge in [0.05, 0.1) is 5.75 Å². The molecule has 0 bridgehead atoms. The monoisotopic (exact) mass is 147 g/mol. The lowest BCUT2D eigenvalue weighted by atomic mass is 10.6. The largest absolute Gasteiger partial charge is 0.492 e. The van der Waals surface area contributed by atoms with Gasteiger partial charge in [-0.25, -0.2) is 4.79 Å². The summed E-state index contributed by atoms with van der Waals surface area (Å²) in [4.78, 5) is 12.3. The first kappa shape index (κ1) is 6.28. The molecule has 1 heterocycles. The van der Waals surface area contributed by atoms with Crippen molar-refractivity contribution in [3.8, 4) is 5.88 Å². The maximum Gasteiger partial charge on any atom is 0.419 e. The molecule has 0 atom stereocenters. The van der Waals surface area contributed by atoms with Crippen LogP contribution in [0.3, 0.4) is 0 Å². The van der Waals surface area contributed by atoms with Crippen LogP contribution in [0.15, 0.2) is 9.21 Å². The molecule has 0 unspecified atom stereocenters. The fourth-order valence-electron chi connectivity index (χ4n) is 0.459. The van der Waals surface area contributed by atoms with Gasteiger partial charge in [0.2, 0.25) is 5.88 Å². The van der Waals surface area contributed by atoms with Crippen LogP contribution < -0.4 is 5.76 Å². The summed E-state index contributed by atoms with van der Waals surface area (Å²) in [5.74, 6) is -0.514. The maximum absolute atomic E-state index is 10.3. The van der Waals surface area contributed by atoms with Crippen molar-refractivity contribution in [1.82, 2.24) is 4.98 Å². The number of hydrogen-bond acceptors (Lipinski definition) is 4. The summed E-state index contributed by atoms with van der Waals surface area (Å²) in [6.45, 7) is 0. The van der Waals surface area contributed by atoms with Crippen LogP contribution in [0.1, 0.15) is 5.76 Å². The fourth-order valence-corrected chi connectivity index (χ4v) is 0.674. The highest BCUT2D eigenvalue weighted by atomic mass is 32.1. The standard InChI is InChI=1S/C4H5NO3S/c6-3-2(1-9)8-4(7)5-3/h6,9H,1H2,(H,5,7). The zero-order chi connectivity index (χ0) is 6.85. The van der Waals surface area contributed by atoms with Crippen molar-refractivity contribution < 1.29 is 9.52 Å². The van der Waals surface area contributed by atoms with Crippen LogP contribution in [0.2, 0.25) is 0 Å². The van der Waals surface area contributed by atoms with E-state index in [1.54, 1.807) is 0 Å². The van der Waals surface area contributed by atoms with Crippen molar-refractivity contribution in [3.05, 3.63) is 16.3 Å². The van der Waals surface area contributed by atoms with Crippen LogP contribution in [0, 0.1) is 0 Å². The second kappa shape index (κ2) is 2.18. The Balaban J connectivity index is 3.16. The van der Waals surface area contributed by atoms with Crippen LogP contribution >= 0.6 is 12.6 Å². The van der Waals surface area contributed by atoms with Crippen LogP contribution in [-0.4, -0.2) is 10.1 Å². The third-order valence-corrected chi connectivity index (χ3v) is 1.13. The molecule has 0 fully saturated rings. The molecule has 0 amide bonds. The topological polar surface area (TPSA) is 66.2 Å². The van der Waals surface area contributed by atoms with E-state index in [9.17, 15) is 4.79 Å². The number of nitrogens with one attached hydrogen (secondary N) is 1. The number of rotatable bonds is 1. The Morgan fingerprint density at radius 3 is 2.67 bits per heavy atom. The summed E-state index contributed by atoms with van der Waals surface area (Å²) in [6, 6.07) is 0. The molecule has 50 valence electrons. The molecular formula is C4H5NO3S. The summed E-state index contributed by atoms with van der Waals surface area (Å²) in [5, 5.41) is 8.73. The van der Waals surface area contributed by atoms with Crippen LogP contribution in [0.4, 0.5) is 0 Å². The minimum absolute atomic E-state index is 0.170. The predicted octanol–water partition coefficient (Wildman–Crippen LogP) is 0.103. The van der Waals surface area contributed by atoms with Gasteiger partial charge in [0.25, 0.3) is 0 Å². The summed E-state index contributed by atoms with van der Waals surface area (Å²) < 4.78 is 4.43. The molecule has 5 heteroatoms. The van der Waals surface area contributed by atoms with E-state index < -0.39 is 5.76 Å². The first-order chi connectivity index (χ1) is 4.24. The molecule has 4 nitrogen and oxygen atoms in total. The van der Waals surface area contributed by atoms with Crippen LogP contribution in [0.5, 0.6) is 5.88 Å². The summed E-state index contributed by atoms with van der Waals surface area (Å²) in [6.07, 6.45) is 0. The molecule has 0 radical (unpaired) electrons. The molecule has 1 aromatic rings. The zero-order valence-electron chi connectivity index (χ0n) is 4.42. The van der Waals surface area contributed by atoms with E-state index in [0.717, 1.165) is 0 Å². The molecule has 0 saturated heterocycles. The van der Waals surface area contributed by atoms with E-state index in [1.165, 1.54) is 0 Å². The second-order valence-electron chi connectivity index (χ2n) is 1.44. The second-order valence-corrected chi connectivity index (χ2v) is 1.76. The number of aromatic hydroxyl groups is 1. The van der Waals surface area contributed by atoms with E-state index in [0.29, 0.717) is 0 Å². The van der Waals surface area contributed by atoms with Crippen molar-refractivity contribution in [1.29, 1.82) is 0 Å². The number of aromatic nitrogens is 1. The van der Waals surface area contributed by atoms with Crippen molar-refractivity contribution in [3.63, 3.8) is 0 Å². The highest BCUT2D eigenvalue weighted by molar-refractivity contribution is 7.79. The summed E-state index contributed by atoms with van der Waals surface area (Å²) >= 11 is 3.78. The van der Waals surface area contributed by atoms with Gasteiger partial charge in [-0.05, 0) is 0 Å². The minimum atomic E-state index is -0.656. The average molecular weight is 147 g/mol. The minimum Gasteiger partial charge on any atom is -0.492 e. The van der Waals surface area contributed by atoms with Gasteiger partial charge in [-0.15, -0.1) is 0 Å². The lowest BCUT2D eigenvalue weighted by molar-refractivity contribution is 0.431. The van der Waals surface area contributed by atoms with Gasteiger partial charge in [0.15, 0.2) is 5.76 Å². The fraction of sp³-hybridized carbons (Fsp3) is 0.250. The number of thiol groups is 1. The number of H-pyrrole nitrogens is 1. The van der Waals surface area contributed by atoms with E-state index in [2.05, 4.69) is 17.0 Å². The highest BCUT2D eigenvalue weighted by Crippen LogP contribution is 2.11. The number of aromatic amines is 1. The third-order valence-electron chi connectivity index (χ3n) is 0.844. The average Bonchev–Trinajstić information content (AvgIpc) is 2.10. The molecule has 0 aromatic carbocycles. The van der Waals surface area contributed by atoms with Crippen molar-refractivity contribution in [2.24, 2.45) is 0 Å². The molecule has 2 N–H and O–H groups in total. The molecule has 1 rings (SSSR count). The van der Waals surface area contributed by atoms with E-state index >= 15 is 0 Å². The summed E-state index contributed by atoms with van der Waals surface area (Å²) in [5.41, 5.74) is 0. The molecule has 1 aromatic heterocycles. The quantitative estimate of drug-likeness (QED) is 0.494. The van der Waals surface area contributed by atoms with Crippen LogP contribution in [0.25, 0.3) is 0 Å². The van der Waals surface area contributed by atoms with Crippen molar-refractivity contribution in [2.45, 2.75) is 5.75 Å². The van der Waals surface area contributed by atoms with Gasteiger partial charge in [-0.2, -0.15) is 12.6 Å². The molecule has 0 spiro atoms. The van der Waals surface area contributed by atoms with Crippen LogP contribution in [-0.2, 0) is 5.75 Å². The number of hydrogen-bond donors (Lipinski definition) is 3. The Morgan fingerprint density at radius 2 is 2.44 bits per heavy atom. The molecule has 0 aliphatic carbocycles. The first-order valence-electron chi connectivity index (χ1n) is 2.26. The normalized spacial score (nSPS) is 9.89. The third kappa shape index (κ3) is 1.10. The lowest BCUT2D eigenvalue weighted by Gasteiger charge is -1.83. The number of oxazole rings is 1. The van der Waals surface area contributed by atoms with Gasteiger partial charge >= 0.3 is 5.76 Å². The molecular weight excluding hydrogens is 142 g/mol. The van der Waals surface area contributed by atoms with Crippen molar-refractivity contribution >= 4 is 12.6 Å². The lowest BCUT2D eigenvalue weighted by Crippen LogP contribution is -1.92. The van der Waals surface area contributed by atoms with Gasteiger partial charge < -0.3 is 9.52 Å². The Morgan fingerprint density at radius 1 is 1.78 bits per heavy atom. The first-order valence-corrected chi connectivity index (χ1v) is 2.89. The highest BCUT2D eigenvalue weighted by Gasteiger charge is 2.03. The van der Waals surface area contributed by atoms with Gasteiger partial charge in [-0.3, -0.25) is 4.98 Å². The van der Waals surface area contributed by atoms with Gasteiger partial charge in [-0.1, -0.05) is 0 Å². The predicted molar refractivity (Wildman–Crippen MR) is 33.7 cm³/mol. The van der Waals surface area contributed by atoms with E-state index in [4.69, 9.17) is 5.11 Å². The smallest absolute Gasteiger partial charge is 0.419 e. The molecule has 9 heavy (non-hydrogen) atoms. The zero-order valence-corrected chi connectivity index (χ0v) is 5.31. The Bertz CT molecular complexity index is 251. The molecule has 0 aliphatic heterocycles. The van der Waals surface area contributed by atoms with E-state index in [1.807, 2.05) is 4.98 Å². The molecule has 0 aliphatic rings.